The Bertz CT molecular complexity index is 1300. The molecule has 2 unspecified atom stereocenters. The smallest absolute Gasteiger partial charge is 0.132 e. The van der Waals surface area contributed by atoms with Crippen molar-refractivity contribution in [3.8, 4) is 22.6 Å². The van der Waals surface area contributed by atoms with Crippen molar-refractivity contribution in [1.82, 2.24) is 30.2 Å². The third kappa shape index (κ3) is 4.89. The second-order valence-electron chi connectivity index (χ2n) is 8.86. The molecule has 3 N–H and O–H groups in total. The van der Waals surface area contributed by atoms with Crippen molar-refractivity contribution in [3.05, 3.63) is 59.8 Å². The molecule has 0 amide bonds. The molecule has 0 bridgehead atoms. The van der Waals surface area contributed by atoms with Crippen LogP contribution in [0.15, 0.2) is 48.9 Å². The largest absolute Gasteiger partial charge is 0.382 e. The van der Waals surface area contributed by atoms with Crippen molar-refractivity contribution in [2.24, 2.45) is 0 Å². The monoisotopic (exact) mass is 479 g/mol. The number of benzene rings is 1. The van der Waals surface area contributed by atoms with Crippen molar-refractivity contribution >= 4 is 28.3 Å². The molecule has 176 valence electrons. The van der Waals surface area contributed by atoms with Gasteiger partial charge >= 0.3 is 0 Å². The van der Waals surface area contributed by atoms with Crippen molar-refractivity contribution in [3.63, 3.8) is 0 Å². The van der Waals surface area contributed by atoms with Crippen LogP contribution in [0.25, 0.3) is 33.7 Å². The predicted molar refractivity (Wildman–Crippen MR) is 135 cm³/mol. The van der Waals surface area contributed by atoms with E-state index in [0.717, 1.165) is 42.9 Å². The Hall–Kier alpha value is -3.07. The number of aromatic nitrogens is 4. The number of H-pyrrole nitrogens is 1. The molecule has 0 aliphatic carbocycles. The highest BCUT2D eigenvalue weighted by atomic mass is 35.5. The molecule has 1 aliphatic rings. The fraction of sp³-hybridized carbons (Fsp3) is 0.320. The number of imidazole rings is 1. The molecule has 1 saturated heterocycles. The quantitative estimate of drug-likeness (QED) is 0.376. The Kier molecular flexibility index (Phi) is 6.45. The number of anilines is 1. The van der Waals surface area contributed by atoms with E-state index in [1.165, 1.54) is 18.5 Å². The van der Waals surface area contributed by atoms with E-state index in [9.17, 15) is 4.39 Å². The van der Waals surface area contributed by atoms with Gasteiger partial charge in [0, 0.05) is 48.8 Å². The number of aromatic amines is 1. The zero-order valence-electron chi connectivity index (χ0n) is 19.1. The molecule has 0 radical (unpaired) electrons. The second-order valence-corrected chi connectivity index (χ2v) is 9.30. The molecule has 34 heavy (non-hydrogen) atoms. The van der Waals surface area contributed by atoms with E-state index in [4.69, 9.17) is 16.6 Å². The van der Waals surface area contributed by atoms with Crippen LogP contribution in [0.1, 0.15) is 13.8 Å². The number of fused-ring (bicyclic) bond motifs is 1. The molecule has 4 heterocycles. The number of rotatable bonds is 6. The molecule has 9 heteroatoms. The number of hydrogen-bond donors (Lipinski definition) is 3. The van der Waals surface area contributed by atoms with Crippen LogP contribution >= 0.6 is 11.6 Å². The van der Waals surface area contributed by atoms with E-state index < -0.39 is 0 Å². The molecule has 4 aromatic rings. The number of nitrogens with zero attached hydrogens (tertiary/aromatic N) is 4. The van der Waals surface area contributed by atoms with Gasteiger partial charge in [0.05, 0.1) is 40.6 Å². The summed E-state index contributed by atoms with van der Waals surface area (Å²) in [6.07, 6.45) is 3.36. The fourth-order valence-electron chi connectivity index (χ4n) is 4.60. The lowest BCUT2D eigenvalue weighted by atomic mass is 10.1. The first-order valence-corrected chi connectivity index (χ1v) is 11.8. The molecule has 0 spiro atoms. The number of piperazine rings is 1. The molecule has 0 saturated carbocycles. The lowest BCUT2D eigenvalue weighted by molar-refractivity contribution is 0.179. The molecular formula is C25H27ClFN7. The molecule has 1 fully saturated rings. The Labute approximate surface area is 202 Å². The first kappa shape index (κ1) is 22.7. The summed E-state index contributed by atoms with van der Waals surface area (Å²) in [6, 6.07) is 11.2. The maximum absolute atomic E-state index is 14.5. The van der Waals surface area contributed by atoms with Crippen LogP contribution in [-0.2, 0) is 0 Å². The van der Waals surface area contributed by atoms with Gasteiger partial charge in [0.2, 0.25) is 0 Å². The summed E-state index contributed by atoms with van der Waals surface area (Å²) in [4.78, 5) is 19.2. The Balaban J connectivity index is 1.35. The van der Waals surface area contributed by atoms with Crippen molar-refractivity contribution < 1.29 is 4.39 Å². The highest BCUT2D eigenvalue weighted by Crippen LogP contribution is 2.32. The van der Waals surface area contributed by atoms with E-state index in [1.807, 2.05) is 24.4 Å². The SMILES string of the molecule is CC1CN(CCNc2cnc3ccc(-c4nc[nH]c4-c4cc(Cl)ccc4F)nc3c2)CC(C)N1. The Morgan fingerprint density at radius 3 is 2.74 bits per heavy atom. The highest BCUT2D eigenvalue weighted by Gasteiger charge is 2.20. The Morgan fingerprint density at radius 1 is 1.09 bits per heavy atom. The average Bonchev–Trinajstić information content (AvgIpc) is 3.29. The van der Waals surface area contributed by atoms with Crippen LogP contribution in [0, 0.1) is 5.82 Å². The zero-order valence-corrected chi connectivity index (χ0v) is 19.9. The van der Waals surface area contributed by atoms with Crippen LogP contribution < -0.4 is 10.6 Å². The average molecular weight is 480 g/mol. The lowest BCUT2D eigenvalue weighted by Gasteiger charge is -2.36. The third-order valence-corrected chi connectivity index (χ3v) is 6.24. The van der Waals surface area contributed by atoms with Gasteiger partial charge < -0.3 is 15.6 Å². The van der Waals surface area contributed by atoms with Gasteiger partial charge in [-0.1, -0.05) is 11.6 Å². The molecule has 1 aliphatic heterocycles. The van der Waals surface area contributed by atoms with Gasteiger partial charge in [-0.15, -0.1) is 0 Å². The maximum atomic E-state index is 14.5. The molecule has 5 rings (SSSR count). The lowest BCUT2D eigenvalue weighted by Crippen LogP contribution is -2.54. The molecule has 7 nitrogen and oxygen atoms in total. The van der Waals surface area contributed by atoms with Gasteiger partial charge in [-0.3, -0.25) is 9.88 Å². The van der Waals surface area contributed by atoms with Crippen molar-refractivity contribution in [2.75, 3.05) is 31.5 Å². The third-order valence-electron chi connectivity index (χ3n) is 6.01. The van der Waals surface area contributed by atoms with Crippen LogP contribution in [0.3, 0.4) is 0 Å². The zero-order chi connectivity index (χ0) is 23.7. The minimum atomic E-state index is -0.378. The standard InChI is InChI=1S/C25H27ClFN7/c1-15-12-34(13-16(2)32-15)8-7-28-18-10-23-21(29-11-18)5-6-22(33-23)25-24(30-14-31-25)19-9-17(26)3-4-20(19)27/h3-6,9-11,14-16,28,32H,7-8,12-13H2,1-2H3,(H,30,31). The van der Waals surface area contributed by atoms with Gasteiger partial charge in [-0.05, 0) is 50.2 Å². The van der Waals surface area contributed by atoms with Crippen LogP contribution in [0.2, 0.25) is 5.02 Å². The van der Waals surface area contributed by atoms with Gasteiger partial charge in [0.25, 0.3) is 0 Å². The number of pyridine rings is 2. The number of halogens is 2. The van der Waals surface area contributed by atoms with Crippen molar-refractivity contribution in [1.29, 1.82) is 0 Å². The van der Waals surface area contributed by atoms with Crippen LogP contribution in [0.4, 0.5) is 10.1 Å². The van der Waals surface area contributed by atoms with E-state index in [1.54, 1.807) is 6.07 Å². The summed E-state index contributed by atoms with van der Waals surface area (Å²) in [5, 5.41) is 7.48. The number of hydrogen-bond acceptors (Lipinski definition) is 6. The van der Waals surface area contributed by atoms with Crippen LogP contribution in [0.5, 0.6) is 0 Å². The first-order valence-electron chi connectivity index (χ1n) is 11.4. The fourth-order valence-corrected chi connectivity index (χ4v) is 4.77. The Morgan fingerprint density at radius 2 is 1.91 bits per heavy atom. The van der Waals surface area contributed by atoms with Crippen molar-refractivity contribution in [2.45, 2.75) is 25.9 Å². The normalized spacial score (nSPS) is 18.9. The summed E-state index contributed by atoms with van der Waals surface area (Å²) < 4.78 is 14.5. The molecule has 1 aromatic carbocycles. The van der Waals surface area contributed by atoms with Gasteiger partial charge in [0.15, 0.2) is 0 Å². The first-order chi connectivity index (χ1) is 16.5. The molecule has 3 aromatic heterocycles. The van der Waals surface area contributed by atoms with Crippen LogP contribution in [-0.4, -0.2) is 63.1 Å². The summed E-state index contributed by atoms with van der Waals surface area (Å²) in [6.45, 7) is 8.32. The highest BCUT2D eigenvalue weighted by molar-refractivity contribution is 6.30. The predicted octanol–water partition coefficient (Wildman–Crippen LogP) is 4.57. The van der Waals surface area contributed by atoms with E-state index in [-0.39, 0.29) is 5.82 Å². The summed E-state index contributed by atoms with van der Waals surface area (Å²) in [5.41, 5.74) is 4.52. The molecule has 2 atom stereocenters. The van der Waals surface area contributed by atoms with Gasteiger partial charge in [-0.2, -0.15) is 0 Å². The summed E-state index contributed by atoms with van der Waals surface area (Å²) in [5.74, 6) is -0.378. The number of nitrogens with one attached hydrogen (secondary N) is 3. The minimum Gasteiger partial charge on any atom is -0.382 e. The second kappa shape index (κ2) is 9.66. The topological polar surface area (TPSA) is 81.8 Å². The van der Waals surface area contributed by atoms with Gasteiger partial charge in [0.1, 0.15) is 11.5 Å². The summed E-state index contributed by atoms with van der Waals surface area (Å²) >= 11 is 6.10. The van der Waals surface area contributed by atoms with E-state index in [0.29, 0.717) is 39.8 Å². The minimum absolute atomic E-state index is 0.354. The van der Waals surface area contributed by atoms with E-state index >= 15 is 0 Å². The van der Waals surface area contributed by atoms with E-state index in [2.05, 4.69) is 44.3 Å². The van der Waals surface area contributed by atoms with Gasteiger partial charge in [-0.25, -0.2) is 14.4 Å². The summed E-state index contributed by atoms with van der Waals surface area (Å²) in [7, 11) is 0. The molecular weight excluding hydrogens is 453 g/mol. The maximum Gasteiger partial charge on any atom is 0.132 e.